The van der Waals surface area contributed by atoms with Crippen LogP contribution in [0.25, 0.3) is 22.2 Å². The Labute approximate surface area is 158 Å². The van der Waals surface area contributed by atoms with Gasteiger partial charge in [-0.1, -0.05) is 78.9 Å². The molecule has 0 aliphatic heterocycles. The number of rotatable bonds is 4. The largest absolute Gasteiger partial charge is 0.337 e. The van der Waals surface area contributed by atoms with E-state index in [0.717, 1.165) is 27.7 Å². The van der Waals surface area contributed by atoms with Crippen molar-refractivity contribution in [1.82, 2.24) is 9.88 Å². The van der Waals surface area contributed by atoms with Crippen molar-refractivity contribution >= 4 is 16.8 Å². The third-order valence-corrected chi connectivity index (χ3v) is 4.63. The Bertz CT molecular complexity index is 1080. The van der Waals surface area contributed by atoms with Crippen molar-refractivity contribution in [1.29, 1.82) is 0 Å². The fraction of sp³-hybridized carbons (Fsp3) is 0.0833. The van der Waals surface area contributed by atoms with Gasteiger partial charge in [-0.05, 0) is 17.7 Å². The Morgan fingerprint density at radius 2 is 1.48 bits per heavy atom. The quantitative estimate of drug-likeness (QED) is 0.507. The van der Waals surface area contributed by atoms with Gasteiger partial charge in [0.05, 0.1) is 16.8 Å². The summed E-state index contributed by atoms with van der Waals surface area (Å²) in [7, 11) is 1.84. The lowest BCUT2D eigenvalue weighted by molar-refractivity contribution is 0.0787. The highest BCUT2D eigenvalue weighted by molar-refractivity contribution is 6.07. The molecule has 3 aromatic carbocycles. The maximum atomic E-state index is 13.2. The Morgan fingerprint density at radius 3 is 2.22 bits per heavy atom. The minimum absolute atomic E-state index is 0.00497. The molecule has 0 unspecified atom stereocenters. The first kappa shape index (κ1) is 17.0. The second-order valence-corrected chi connectivity index (χ2v) is 6.59. The van der Waals surface area contributed by atoms with Gasteiger partial charge < -0.3 is 4.90 Å². The molecular weight excluding hydrogens is 332 g/mol. The standard InChI is InChI=1S/C24H20N2O/c1-26(17-18-10-4-2-5-11-18)24(27)21-16-23(19-12-6-3-7-13-19)25-22-15-9-8-14-20(21)22/h2-16H,17H2,1H3. The molecule has 0 N–H and O–H groups in total. The van der Waals surface area contributed by atoms with E-state index in [2.05, 4.69) is 0 Å². The summed E-state index contributed by atoms with van der Waals surface area (Å²) >= 11 is 0. The van der Waals surface area contributed by atoms with Crippen molar-refractivity contribution in [3.05, 3.63) is 102 Å². The predicted molar refractivity (Wildman–Crippen MR) is 109 cm³/mol. The molecule has 0 saturated heterocycles. The van der Waals surface area contributed by atoms with Gasteiger partial charge in [-0.15, -0.1) is 0 Å². The van der Waals surface area contributed by atoms with Crippen LogP contribution < -0.4 is 0 Å². The molecule has 132 valence electrons. The van der Waals surface area contributed by atoms with Crippen LogP contribution in [0.3, 0.4) is 0 Å². The number of amides is 1. The van der Waals surface area contributed by atoms with E-state index in [-0.39, 0.29) is 5.91 Å². The maximum absolute atomic E-state index is 13.2. The molecule has 0 saturated carbocycles. The SMILES string of the molecule is CN(Cc1ccccc1)C(=O)c1cc(-c2ccccc2)nc2ccccc12. The smallest absolute Gasteiger partial charge is 0.254 e. The average Bonchev–Trinajstić information content (AvgIpc) is 2.73. The highest BCUT2D eigenvalue weighted by atomic mass is 16.2. The minimum atomic E-state index is -0.00497. The zero-order valence-corrected chi connectivity index (χ0v) is 15.2. The van der Waals surface area contributed by atoms with Crippen molar-refractivity contribution in [3.63, 3.8) is 0 Å². The molecule has 0 aliphatic carbocycles. The zero-order chi connectivity index (χ0) is 18.6. The Morgan fingerprint density at radius 1 is 0.852 bits per heavy atom. The van der Waals surface area contributed by atoms with Gasteiger partial charge in [0.25, 0.3) is 5.91 Å². The molecule has 27 heavy (non-hydrogen) atoms. The van der Waals surface area contributed by atoms with Crippen LogP contribution in [0, 0.1) is 0 Å². The van der Waals surface area contributed by atoms with Crippen LogP contribution >= 0.6 is 0 Å². The van der Waals surface area contributed by atoms with E-state index in [1.165, 1.54) is 0 Å². The van der Waals surface area contributed by atoms with E-state index in [9.17, 15) is 4.79 Å². The van der Waals surface area contributed by atoms with E-state index in [4.69, 9.17) is 4.98 Å². The molecule has 3 nitrogen and oxygen atoms in total. The number of benzene rings is 3. The fourth-order valence-corrected chi connectivity index (χ4v) is 3.24. The van der Waals surface area contributed by atoms with Crippen molar-refractivity contribution in [2.75, 3.05) is 7.05 Å². The van der Waals surface area contributed by atoms with Gasteiger partial charge in [-0.25, -0.2) is 4.98 Å². The fourth-order valence-electron chi connectivity index (χ4n) is 3.24. The van der Waals surface area contributed by atoms with E-state index in [1.807, 2.05) is 98.0 Å². The molecule has 0 bridgehead atoms. The van der Waals surface area contributed by atoms with Gasteiger partial charge in [0, 0.05) is 24.5 Å². The monoisotopic (exact) mass is 352 g/mol. The van der Waals surface area contributed by atoms with Crippen molar-refractivity contribution in [2.24, 2.45) is 0 Å². The molecule has 4 aromatic rings. The summed E-state index contributed by atoms with van der Waals surface area (Å²) in [6.07, 6.45) is 0. The number of para-hydroxylation sites is 1. The van der Waals surface area contributed by atoms with Gasteiger partial charge in [0.15, 0.2) is 0 Å². The van der Waals surface area contributed by atoms with E-state index in [1.54, 1.807) is 4.90 Å². The molecule has 1 amide bonds. The van der Waals surface area contributed by atoms with Gasteiger partial charge in [-0.3, -0.25) is 4.79 Å². The van der Waals surface area contributed by atoms with Crippen LogP contribution in [0.15, 0.2) is 91.0 Å². The van der Waals surface area contributed by atoms with Crippen LogP contribution in [0.5, 0.6) is 0 Å². The highest BCUT2D eigenvalue weighted by Gasteiger charge is 2.17. The first-order valence-corrected chi connectivity index (χ1v) is 8.97. The number of hydrogen-bond donors (Lipinski definition) is 0. The number of hydrogen-bond acceptors (Lipinski definition) is 2. The topological polar surface area (TPSA) is 33.2 Å². The summed E-state index contributed by atoms with van der Waals surface area (Å²) in [6, 6.07) is 29.7. The van der Waals surface area contributed by atoms with E-state index >= 15 is 0 Å². The molecule has 0 fully saturated rings. The summed E-state index contributed by atoms with van der Waals surface area (Å²) in [5, 5.41) is 0.877. The molecule has 4 rings (SSSR count). The second-order valence-electron chi connectivity index (χ2n) is 6.59. The first-order chi connectivity index (χ1) is 13.2. The van der Waals surface area contributed by atoms with Crippen LogP contribution in [-0.2, 0) is 6.54 Å². The zero-order valence-electron chi connectivity index (χ0n) is 15.2. The normalized spacial score (nSPS) is 10.7. The molecule has 1 aromatic heterocycles. The second kappa shape index (κ2) is 7.42. The maximum Gasteiger partial charge on any atom is 0.254 e. The first-order valence-electron chi connectivity index (χ1n) is 8.97. The third-order valence-electron chi connectivity index (χ3n) is 4.63. The average molecular weight is 352 g/mol. The van der Waals surface area contributed by atoms with Gasteiger partial charge >= 0.3 is 0 Å². The Hall–Kier alpha value is -3.46. The van der Waals surface area contributed by atoms with Gasteiger partial charge in [-0.2, -0.15) is 0 Å². The summed E-state index contributed by atoms with van der Waals surface area (Å²) in [5.41, 5.74) is 4.43. The third kappa shape index (κ3) is 3.58. The Kier molecular flexibility index (Phi) is 4.67. The van der Waals surface area contributed by atoms with Crippen LogP contribution in [0.4, 0.5) is 0 Å². The molecule has 0 radical (unpaired) electrons. The number of aromatic nitrogens is 1. The molecule has 1 heterocycles. The van der Waals surface area contributed by atoms with Gasteiger partial charge in [0.2, 0.25) is 0 Å². The summed E-state index contributed by atoms with van der Waals surface area (Å²) < 4.78 is 0. The van der Waals surface area contributed by atoms with Crippen molar-refractivity contribution in [3.8, 4) is 11.3 Å². The van der Waals surface area contributed by atoms with Crippen molar-refractivity contribution < 1.29 is 4.79 Å². The summed E-state index contributed by atoms with van der Waals surface area (Å²) in [6.45, 7) is 0.566. The Balaban J connectivity index is 1.76. The molecule has 3 heteroatoms. The van der Waals surface area contributed by atoms with Crippen LogP contribution in [-0.4, -0.2) is 22.8 Å². The minimum Gasteiger partial charge on any atom is -0.337 e. The van der Waals surface area contributed by atoms with E-state index < -0.39 is 0 Å². The number of nitrogens with zero attached hydrogens (tertiary/aromatic N) is 2. The van der Waals surface area contributed by atoms with Crippen LogP contribution in [0.1, 0.15) is 15.9 Å². The predicted octanol–water partition coefficient (Wildman–Crippen LogP) is 5.17. The number of fused-ring (bicyclic) bond motifs is 1. The lowest BCUT2D eigenvalue weighted by atomic mass is 10.0. The lowest BCUT2D eigenvalue weighted by Crippen LogP contribution is -2.26. The highest BCUT2D eigenvalue weighted by Crippen LogP contribution is 2.26. The molecule has 0 spiro atoms. The number of pyridine rings is 1. The van der Waals surface area contributed by atoms with E-state index in [0.29, 0.717) is 12.1 Å². The number of carbonyl (C=O) groups excluding carboxylic acids is 1. The van der Waals surface area contributed by atoms with Gasteiger partial charge in [0.1, 0.15) is 0 Å². The molecule has 0 atom stereocenters. The van der Waals surface area contributed by atoms with Crippen molar-refractivity contribution in [2.45, 2.75) is 6.54 Å². The summed E-state index contributed by atoms with van der Waals surface area (Å²) in [4.78, 5) is 19.8. The molecular formula is C24H20N2O. The molecule has 0 aliphatic rings. The summed E-state index contributed by atoms with van der Waals surface area (Å²) in [5.74, 6) is -0.00497. The number of carbonyl (C=O) groups is 1. The van der Waals surface area contributed by atoms with Crippen LogP contribution in [0.2, 0.25) is 0 Å². The lowest BCUT2D eigenvalue weighted by Gasteiger charge is -2.19.